The molecule has 22 heavy (non-hydrogen) atoms. The largest absolute Gasteiger partial charge is 0.478 e. The molecule has 0 bridgehead atoms. The summed E-state index contributed by atoms with van der Waals surface area (Å²) < 4.78 is 5.68. The number of carboxylic acids is 1. The molecule has 1 unspecified atom stereocenters. The average Bonchev–Trinajstić information content (AvgIpc) is 2.54. The molecule has 2 aromatic carbocycles. The van der Waals surface area contributed by atoms with Gasteiger partial charge in [-0.15, -0.1) is 0 Å². The maximum Gasteiger partial charge on any atom is 0.335 e. The summed E-state index contributed by atoms with van der Waals surface area (Å²) in [4.78, 5) is 10.8. The third kappa shape index (κ3) is 5.31. The van der Waals surface area contributed by atoms with E-state index in [2.05, 4.69) is 12.2 Å². The molecule has 0 fully saturated rings. The number of carbonyl (C=O) groups is 1. The van der Waals surface area contributed by atoms with Crippen LogP contribution >= 0.6 is 0 Å². The molecule has 0 saturated heterocycles. The average molecular weight is 299 g/mol. The minimum Gasteiger partial charge on any atom is -0.478 e. The second-order valence-electron chi connectivity index (χ2n) is 5.28. The lowest BCUT2D eigenvalue weighted by Crippen LogP contribution is -2.30. The van der Waals surface area contributed by atoms with Crippen molar-refractivity contribution in [2.45, 2.75) is 26.1 Å². The number of ether oxygens (including phenoxy) is 1. The molecule has 0 aliphatic carbocycles. The molecule has 0 aliphatic heterocycles. The molecule has 0 heterocycles. The lowest BCUT2D eigenvalue weighted by atomic mass is 10.1. The summed E-state index contributed by atoms with van der Waals surface area (Å²) in [7, 11) is 0. The SMILES string of the molecule is CC(COCc1ccccc1)NCc1ccc(C(=O)O)cc1. The van der Waals surface area contributed by atoms with Gasteiger partial charge in [-0.25, -0.2) is 4.79 Å². The quantitative estimate of drug-likeness (QED) is 0.786. The van der Waals surface area contributed by atoms with Crippen molar-refractivity contribution in [3.8, 4) is 0 Å². The van der Waals surface area contributed by atoms with Crippen molar-refractivity contribution >= 4 is 5.97 Å². The van der Waals surface area contributed by atoms with Gasteiger partial charge < -0.3 is 15.2 Å². The lowest BCUT2D eigenvalue weighted by Gasteiger charge is -2.14. The Balaban J connectivity index is 1.69. The fourth-order valence-corrected chi connectivity index (χ4v) is 2.04. The summed E-state index contributed by atoms with van der Waals surface area (Å²) >= 11 is 0. The van der Waals surface area contributed by atoms with Gasteiger partial charge in [0.25, 0.3) is 0 Å². The smallest absolute Gasteiger partial charge is 0.335 e. The first-order chi connectivity index (χ1) is 10.6. The zero-order chi connectivity index (χ0) is 15.8. The van der Waals surface area contributed by atoms with Crippen LogP contribution in [0.5, 0.6) is 0 Å². The third-order valence-corrected chi connectivity index (χ3v) is 3.33. The van der Waals surface area contributed by atoms with Gasteiger partial charge in [-0.2, -0.15) is 0 Å². The van der Waals surface area contributed by atoms with Gasteiger partial charge in [-0.3, -0.25) is 0 Å². The number of hydrogen-bond acceptors (Lipinski definition) is 3. The van der Waals surface area contributed by atoms with E-state index in [-0.39, 0.29) is 6.04 Å². The van der Waals surface area contributed by atoms with Crippen LogP contribution in [0.2, 0.25) is 0 Å². The van der Waals surface area contributed by atoms with Gasteiger partial charge in [0.2, 0.25) is 0 Å². The van der Waals surface area contributed by atoms with E-state index in [1.807, 2.05) is 42.5 Å². The van der Waals surface area contributed by atoms with Crippen molar-refractivity contribution in [2.75, 3.05) is 6.61 Å². The first kappa shape index (κ1) is 16.2. The highest BCUT2D eigenvalue weighted by Crippen LogP contribution is 2.05. The molecule has 2 rings (SSSR count). The van der Waals surface area contributed by atoms with E-state index in [0.29, 0.717) is 25.3 Å². The second-order valence-corrected chi connectivity index (χ2v) is 5.28. The van der Waals surface area contributed by atoms with E-state index in [0.717, 1.165) is 5.56 Å². The Kier molecular flexibility index (Phi) is 6.13. The van der Waals surface area contributed by atoms with Gasteiger partial charge in [-0.05, 0) is 30.2 Å². The van der Waals surface area contributed by atoms with E-state index in [1.54, 1.807) is 12.1 Å². The number of hydrogen-bond donors (Lipinski definition) is 2. The molecule has 0 spiro atoms. The maximum absolute atomic E-state index is 10.8. The standard InChI is InChI=1S/C18H21NO3/c1-14(12-22-13-16-5-3-2-4-6-16)19-11-15-7-9-17(10-8-15)18(20)21/h2-10,14,19H,11-13H2,1H3,(H,20,21). The molecule has 116 valence electrons. The zero-order valence-electron chi connectivity index (χ0n) is 12.7. The van der Waals surface area contributed by atoms with Gasteiger partial charge in [0, 0.05) is 12.6 Å². The summed E-state index contributed by atoms with van der Waals surface area (Å²) in [6.07, 6.45) is 0. The summed E-state index contributed by atoms with van der Waals surface area (Å²) in [6, 6.07) is 17.2. The highest BCUT2D eigenvalue weighted by molar-refractivity contribution is 5.87. The van der Waals surface area contributed by atoms with Crippen molar-refractivity contribution < 1.29 is 14.6 Å². The lowest BCUT2D eigenvalue weighted by molar-refractivity contribution is 0.0697. The Morgan fingerprint density at radius 1 is 1.09 bits per heavy atom. The molecule has 1 atom stereocenters. The first-order valence-corrected chi connectivity index (χ1v) is 7.32. The van der Waals surface area contributed by atoms with E-state index >= 15 is 0 Å². The normalized spacial score (nSPS) is 12.0. The fraction of sp³-hybridized carbons (Fsp3) is 0.278. The van der Waals surface area contributed by atoms with Crippen LogP contribution in [0.1, 0.15) is 28.4 Å². The van der Waals surface area contributed by atoms with Gasteiger partial charge in [0.1, 0.15) is 0 Å². The van der Waals surface area contributed by atoms with Crippen LogP contribution in [0.15, 0.2) is 54.6 Å². The molecule has 0 aliphatic rings. The predicted molar refractivity (Wildman–Crippen MR) is 85.8 cm³/mol. The van der Waals surface area contributed by atoms with Gasteiger partial charge in [0.05, 0.1) is 18.8 Å². The third-order valence-electron chi connectivity index (χ3n) is 3.33. The highest BCUT2D eigenvalue weighted by Gasteiger charge is 2.04. The number of rotatable bonds is 8. The van der Waals surface area contributed by atoms with Crippen molar-refractivity contribution in [1.82, 2.24) is 5.32 Å². The predicted octanol–water partition coefficient (Wildman–Crippen LogP) is 3.08. The molecular weight excluding hydrogens is 278 g/mol. The summed E-state index contributed by atoms with van der Waals surface area (Å²) in [6.45, 7) is 3.99. The first-order valence-electron chi connectivity index (χ1n) is 7.32. The van der Waals surface area contributed by atoms with Gasteiger partial charge in [0.15, 0.2) is 0 Å². The van der Waals surface area contributed by atoms with Crippen LogP contribution in [-0.4, -0.2) is 23.7 Å². The molecule has 4 heteroatoms. The Bertz CT molecular complexity index is 581. The monoisotopic (exact) mass is 299 g/mol. The number of aromatic carboxylic acids is 1. The van der Waals surface area contributed by atoms with Crippen molar-refractivity contribution in [3.63, 3.8) is 0 Å². The summed E-state index contributed by atoms with van der Waals surface area (Å²) in [5.74, 6) is -0.901. The van der Waals surface area contributed by atoms with E-state index in [1.165, 1.54) is 5.56 Å². The Morgan fingerprint density at radius 3 is 2.41 bits per heavy atom. The molecule has 0 amide bonds. The van der Waals surface area contributed by atoms with Crippen molar-refractivity contribution in [1.29, 1.82) is 0 Å². The van der Waals surface area contributed by atoms with Crippen LogP contribution in [-0.2, 0) is 17.9 Å². The van der Waals surface area contributed by atoms with Crippen LogP contribution in [0.4, 0.5) is 0 Å². The van der Waals surface area contributed by atoms with Crippen LogP contribution in [0, 0.1) is 0 Å². The second kappa shape index (κ2) is 8.32. The van der Waals surface area contributed by atoms with E-state index in [4.69, 9.17) is 9.84 Å². The Labute approximate surface area is 130 Å². The van der Waals surface area contributed by atoms with E-state index in [9.17, 15) is 4.79 Å². The van der Waals surface area contributed by atoms with Gasteiger partial charge >= 0.3 is 5.97 Å². The molecule has 0 saturated carbocycles. The molecule has 2 aromatic rings. The van der Waals surface area contributed by atoms with Gasteiger partial charge in [-0.1, -0.05) is 42.5 Å². The molecule has 0 radical (unpaired) electrons. The minimum atomic E-state index is -0.901. The Hall–Kier alpha value is -2.17. The van der Waals surface area contributed by atoms with Crippen LogP contribution in [0.3, 0.4) is 0 Å². The van der Waals surface area contributed by atoms with E-state index < -0.39 is 5.97 Å². The van der Waals surface area contributed by atoms with Crippen LogP contribution in [0.25, 0.3) is 0 Å². The zero-order valence-corrected chi connectivity index (χ0v) is 12.7. The summed E-state index contributed by atoms with van der Waals surface area (Å²) in [5.41, 5.74) is 2.53. The fourth-order valence-electron chi connectivity index (χ4n) is 2.04. The molecular formula is C18H21NO3. The Morgan fingerprint density at radius 2 is 1.77 bits per heavy atom. The maximum atomic E-state index is 10.8. The minimum absolute atomic E-state index is 0.225. The van der Waals surface area contributed by atoms with Crippen molar-refractivity contribution in [3.05, 3.63) is 71.3 Å². The molecule has 2 N–H and O–H groups in total. The number of benzene rings is 2. The molecule has 0 aromatic heterocycles. The van der Waals surface area contributed by atoms with Crippen molar-refractivity contribution in [2.24, 2.45) is 0 Å². The van der Waals surface area contributed by atoms with Crippen LogP contribution < -0.4 is 5.32 Å². The topological polar surface area (TPSA) is 58.6 Å². The molecule has 4 nitrogen and oxygen atoms in total. The summed E-state index contributed by atoms with van der Waals surface area (Å²) in [5, 5.41) is 12.2. The number of carboxylic acid groups (broad SMARTS) is 1. The number of nitrogens with one attached hydrogen (secondary N) is 1. The highest BCUT2D eigenvalue weighted by atomic mass is 16.5.